The molecule has 0 aliphatic carbocycles. The number of aliphatic hydroxyl groups excluding tert-OH is 3. The molecule has 22 heavy (non-hydrogen) atoms. The minimum atomic E-state index is -0.871. The molecule has 1 unspecified atom stereocenters. The summed E-state index contributed by atoms with van der Waals surface area (Å²) in [6.45, 7) is 2.89. The fraction of sp³-hybridized carbons (Fsp3) is 0.714. The highest BCUT2D eigenvalue weighted by atomic mass is 16.5. The molecule has 1 aliphatic heterocycles. The van der Waals surface area contributed by atoms with E-state index < -0.39 is 35.8 Å². The van der Waals surface area contributed by atoms with Crippen LogP contribution in [0.1, 0.15) is 31.6 Å². The Morgan fingerprint density at radius 2 is 2.14 bits per heavy atom. The Morgan fingerprint density at radius 3 is 2.68 bits per heavy atom. The van der Waals surface area contributed by atoms with Crippen molar-refractivity contribution in [2.24, 2.45) is 0 Å². The third-order valence-corrected chi connectivity index (χ3v) is 3.93. The van der Waals surface area contributed by atoms with E-state index >= 15 is 0 Å². The number of aliphatic hydroxyl groups is 3. The minimum absolute atomic E-state index is 0.0887. The van der Waals surface area contributed by atoms with Crippen LogP contribution in [0.4, 0.5) is 0 Å². The van der Waals surface area contributed by atoms with Gasteiger partial charge in [-0.25, -0.2) is 4.79 Å². The van der Waals surface area contributed by atoms with Gasteiger partial charge in [0.25, 0.3) is 5.56 Å². The maximum absolute atomic E-state index is 12.5. The van der Waals surface area contributed by atoms with E-state index in [-0.39, 0.29) is 19.6 Å². The molecule has 1 aromatic heterocycles. The van der Waals surface area contributed by atoms with Gasteiger partial charge in [0.15, 0.2) is 0 Å². The van der Waals surface area contributed by atoms with Crippen molar-refractivity contribution in [3.8, 4) is 0 Å². The molecule has 0 amide bonds. The van der Waals surface area contributed by atoms with Gasteiger partial charge in [-0.15, -0.1) is 0 Å². The fourth-order valence-electron chi connectivity index (χ4n) is 2.52. The number of nitrogens with zero attached hydrogens (tertiary/aromatic N) is 2. The topological polar surface area (TPSA) is 114 Å². The number of hydrogen-bond acceptors (Lipinski definition) is 6. The minimum Gasteiger partial charge on any atom is -0.394 e. The number of hydrogen-bond donors (Lipinski definition) is 3. The van der Waals surface area contributed by atoms with Crippen molar-refractivity contribution in [1.29, 1.82) is 0 Å². The van der Waals surface area contributed by atoms with E-state index in [2.05, 4.69) is 0 Å². The van der Waals surface area contributed by atoms with Gasteiger partial charge >= 0.3 is 5.69 Å². The standard InChI is InChI=1S/C14H22N2O6/c1-3-9(18)6-16-13(20)8(2)5-15(14(16)21)12-4-10(19)11(7-17)22-12/h5,9-12,17-19H,3-4,6-7H2,1-2H3/t9?,10-,11+,12+/m0/s1. The van der Waals surface area contributed by atoms with Crippen molar-refractivity contribution in [2.45, 2.75) is 57.8 Å². The van der Waals surface area contributed by atoms with Crippen LogP contribution in [0.25, 0.3) is 0 Å². The number of aromatic nitrogens is 2. The molecule has 0 aromatic carbocycles. The van der Waals surface area contributed by atoms with Gasteiger partial charge in [0.1, 0.15) is 12.3 Å². The Hall–Kier alpha value is -1.48. The van der Waals surface area contributed by atoms with Crippen LogP contribution in [0.3, 0.4) is 0 Å². The lowest BCUT2D eigenvalue weighted by molar-refractivity contribution is -0.0465. The molecule has 2 rings (SSSR count). The lowest BCUT2D eigenvalue weighted by atomic mass is 10.2. The Labute approximate surface area is 127 Å². The molecule has 1 saturated heterocycles. The van der Waals surface area contributed by atoms with Gasteiger partial charge < -0.3 is 20.1 Å². The van der Waals surface area contributed by atoms with Crippen LogP contribution in [-0.2, 0) is 11.3 Å². The van der Waals surface area contributed by atoms with Crippen LogP contribution >= 0.6 is 0 Å². The first-order valence-corrected chi connectivity index (χ1v) is 7.34. The van der Waals surface area contributed by atoms with Crippen LogP contribution < -0.4 is 11.2 Å². The third kappa shape index (κ3) is 3.14. The molecule has 0 spiro atoms. The number of aryl methyl sites for hydroxylation is 1. The average Bonchev–Trinajstić information content (AvgIpc) is 2.87. The summed E-state index contributed by atoms with van der Waals surface area (Å²) in [5, 5.41) is 28.6. The molecule has 1 fully saturated rings. The van der Waals surface area contributed by atoms with Crippen LogP contribution in [0.15, 0.2) is 15.8 Å². The summed E-state index contributed by atoms with van der Waals surface area (Å²) in [5.41, 5.74) is -0.710. The summed E-state index contributed by atoms with van der Waals surface area (Å²) in [7, 11) is 0. The third-order valence-electron chi connectivity index (χ3n) is 3.93. The number of rotatable bonds is 5. The quantitative estimate of drug-likeness (QED) is 0.624. The Kier molecular flexibility index (Phi) is 5.17. The zero-order valence-corrected chi connectivity index (χ0v) is 12.7. The van der Waals surface area contributed by atoms with Gasteiger partial charge in [-0.05, 0) is 13.3 Å². The highest BCUT2D eigenvalue weighted by Crippen LogP contribution is 2.27. The molecule has 2 heterocycles. The second kappa shape index (κ2) is 6.74. The molecule has 1 aliphatic rings. The first-order chi connectivity index (χ1) is 10.4. The molecule has 124 valence electrons. The second-order valence-corrected chi connectivity index (χ2v) is 5.59. The van der Waals surface area contributed by atoms with E-state index in [0.717, 1.165) is 4.57 Å². The largest absolute Gasteiger partial charge is 0.394 e. The zero-order valence-electron chi connectivity index (χ0n) is 12.7. The first-order valence-electron chi connectivity index (χ1n) is 7.34. The summed E-state index contributed by atoms with van der Waals surface area (Å²) in [6, 6.07) is 0. The van der Waals surface area contributed by atoms with E-state index in [9.17, 15) is 19.8 Å². The van der Waals surface area contributed by atoms with Gasteiger partial charge in [-0.3, -0.25) is 13.9 Å². The van der Waals surface area contributed by atoms with Gasteiger partial charge in [-0.1, -0.05) is 6.92 Å². The van der Waals surface area contributed by atoms with Crippen molar-refractivity contribution < 1.29 is 20.1 Å². The molecule has 0 saturated carbocycles. The fourth-order valence-corrected chi connectivity index (χ4v) is 2.52. The first kappa shape index (κ1) is 16.9. The maximum atomic E-state index is 12.5. The SMILES string of the molecule is CCC(O)Cn1c(=O)c(C)cn([C@H]2C[C@H](O)[C@@H](CO)O2)c1=O. The Morgan fingerprint density at radius 1 is 1.45 bits per heavy atom. The monoisotopic (exact) mass is 314 g/mol. The van der Waals surface area contributed by atoms with Crippen LogP contribution in [0.5, 0.6) is 0 Å². The van der Waals surface area contributed by atoms with Gasteiger partial charge in [-0.2, -0.15) is 0 Å². The van der Waals surface area contributed by atoms with Gasteiger partial charge in [0, 0.05) is 18.2 Å². The molecular weight excluding hydrogens is 292 g/mol. The van der Waals surface area contributed by atoms with Crippen molar-refractivity contribution >= 4 is 0 Å². The van der Waals surface area contributed by atoms with Crippen LogP contribution in [0, 0.1) is 6.92 Å². The van der Waals surface area contributed by atoms with Crippen molar-refractivity contribution in [3.05, 3.63) is 32.6 Å². The highest BCUT2D eigenvalue weighted by Gasteiger charge is 2.35. The normalized spacial score (nSPS) is 26.3. The summed E-state index contributed by atoms with van der Waals surface area (Å²) in [4.78, 5) is 24.6. The van der Waals surface area contributed by atoms with Crippen molar-refractivity contribution in [2.75, 3.05) is 6.61 Å². The Balaban J connectivity index is 2.42. The van der Waals surface area contributed by atoms with E-state index in [0.29, 0.717) is 12.0 Å². The molecular formula is C14H22N2O6. The second-order valence-electron chi connectivity index (χ2n) is 5.59. The zero-order chi connectivity index (χ0) is 16.4. The summed E-state index contributed by atoms with van der Waals surface area (Å²) >= 11 is 0. The summed E-state index contributed by atoms with van der Waals surface area (Å²) < 4.78 is 7.67. The lowest BCUT2D eigenvalue weighted by Crippen LogP contribution is -2.44. The molecule has 0 bridgehead atoms. The van der Waals surface area contributed by atoms with E-state index in [1.807, 2.05) is 0 Å². The summed E-state index contributed by atoms with van der Waals surface area (Å²) in [5.74, 6) is 0. The molecule has 1 aromatic rings. The lowest BCUT2D eigenvalue weighted by Gasteiger charge is -2.18. The molecule has 8 heteroatoms. The molecule has 0 radical (unpaired) electrons. The molecule has 8 nitrogen and oxygen atoms in total. The maximum Gasteiger partial charge on any atom is 0.333 e. The van der Waals surface area contributed by atoms with Gasteiger partial charge in [0.2, 0.25) is 0 Å². The average molecular weight is 314 g/mol. The van der Waals surface area contributed by atoms with Gasteiger partial charge in [0.05, 0.1) is 25.4 Å². The predicted molar refractivity (Wildman–Crippen MR) is 77.6 cm³/mol. The van der Waals surface area contributed by atoms with Crippen LogP contribution in [0.2, 0.25) is 0 Å². The van der Waals surface area contributed by atoms with Crippen LogP contribution in [-0.4, -0.2) is 49.4 Å². The number of ether oxygens (including phenoxy) is 1. The summed E-state index contributed by atoms with van der Waals surface area (Å²) in [6.07, 6.45) is -1.20. The van der Waals surface area contributed by atoms with Crippen molar-refractivity contribution in [3.63, 3.8) is 0 Å². The molecule has 4 atom stereocenters. The Bertz CT molecular complexity index is 637. The van der Waals surface area contributed by atoms with E-state index in [4.69, 9.17) is 9.84 Å². The smallest absolute Gasteiger partial charge is 0.333 e. The van der Waals surface area contributed by atoms with E-state index in [1.54, 1.807) is 13.8 Å². The van der Waals surface area contributed by atoms with E-state index in [1.165, 1.54) is 10.8 Å². The highest BCUT2D eigenvalue weighted by molar-refractivity contribution is 5.04. The predicted octanol–water partition coefficient (Wildman–Crippen LogP) is -1.27. The molecule has 3 N–H and O–H groups in total. The van der Waals surface area contributed by atoms with Crippen molar-refractivity contribution in [1.82, 2.24) is 9.13 Å².